The highest BCUT2D eigenvalue weighted by Gasteiger charge is 2.38. The summed E-state index contributed by atoms with van der Waals surface area (Å²) in [7, 11) is 0. The van der Waals surface area contributed by atoms with Gasteiger partial charge in [0.2, 0.25) is 0 Å². The first-order valence-corrected chi connectivity index (χ1v) is 6.62. The van der Waals surface area contributed by atoms with Crippen molar-refractivity contribution in [1.29, 1.82) is 0 Å². The molecule has 2 aliphatic rings. The monoisotopic (exact) mass is 232 g/mol. The maximum atomic E-state index is 9.79. The predicted octanol–water partition coefficient (Wildman–Crippen LogP) is 2.81. The Labute approximate surface area is 103 Å². The summed E-state index contributed by atoms with van der Waals surface area (Å²) < 4.78 is 5.89. The van der Waals surface area contributed by atoms with Crippen molar-refractivity contribution >= 4 is 0 Å². The molecule has 1 heterocycles. The summed E-state index contributed by atoms with van der Waals surface area (Å²) in [6.45, 7) is 3.10. The molecule has 1 aromatic carbocycles. The number of aliphatic hydroxyl groups excluding tert-OH is 1. The Morgan fingerprint density at radius 2 is 2.29 bits per heavy atom. The van der Waals surface area contributed by atoms with Gasteiger partial charge in [-0.1, -0.05) is 25.1 Å². The lowest BCUT2D eigenvalue weighted by molar-refractivity contribution is 0.174. The van der Waals surface area contributed by atoms with Crippen LogP contribution in [0.5, 0.6) is 5.75 Å². The molecule has 0 radical (unpaired) electrons. The van der Waals surface area contributed by atoms with Crippen LogP contribution in [0, 0.1) is 0 Å². The van der Waals surface area contributed by atoms with Gasteiger partial charge in [-0.15, -0.1) is 0 Å². The van der Waals surface area contributed by atoms with Gasteiger partial charge in [0.25, 0.3) is 0 Å². The molecule has 17 heavy (non-hydrogen) atoms. The number of benzene rings is 1. The molecule has 1 fully saturated rings. The fourth-order valence-corrected chi connectivity index (χ4v) is 3.32. The van der Waals surface area contributed by atoms with Crippen molar-refractivity contribution in [3.05, 3.63) is 29.3 Å². The van der Waals surface area contributed by atoms with Gasteiger partial charge in [-0.2, -0.15) is 0 Å². The number of fused-ring (bicyclic) bond motifs is 1. The van der Waals surface area contributed by atoms with Crippen molar-refractivity contribution in [2.45, 2.75) is 50.5 Å². The van der Waals surface area contributed by atoms with Crippen molar-refractivity contribution in [1.82, 2.24) is 0 Å². The van der Waals surface area contributed by atoms with Crippen LogP contribution in [0.2, 0.25) is 0 Å². The van der Waals surface area contributed by atoms with Gasteiger partial charge in [-0.25, -0.2) is 0 Å². The van der Waals surface area contributed by atoms with E-state index in [9.17, 15) is 5.11 Å². The van der Waals surface area contributed by atoms with E-state index in [1.807, 2.05) is 0 Å². The van der Waals surface area contributed by atoms with E-state index in [-0.39, 0.29) is 11.5 Å². The van der Waals surface area contributed by atoms with Crippen LogP contribution in [-0.4, -0.2) is 17.8 Å². The molecule has 1 N–H and O–H groups in total. The molecular formula is C15H20O2. The van der Waals surface area contributed by atoms with Crippen LogP contribution >= 0.6 is 0 Å². The number of hydrogen-bond acceptors (Lipinski definition) is 2. The summed E-state index contributed by atoms with van der Waals surface area (Å²) in [5.74, 6) is 1.11. The fraction of sp³-hybridized carbons (Fsp3) is 0.600. The molecule has 1 aromatic rings. The summed E-state index contributed by atoms with van der Waals surface area (Å²) >= 11 is 0. The van der Waals surface area contributed by atoms with Gasteiger partial charge in [0.05, 0.1) is 12.7 Å². The minimum absolute atomic E-state index is 0.0993. The zero-order valence-corrected chi connectivity index (χ0v) is 10.4. The molecule has 1 aliphatic heterocycles. The minimum Gasteiger partial charge on any atom is -0.493 e. The Balaban J connectivity index is 2.03. The van der Waals surface area contributed by atoms with E-state index in [1.165, 1.54) is 11.1 Å². The molecule has 2 unspecified atom stereocenters. The Hall–Kier alpha value is -1.02. The predicted molar refractivity (Wildman–Crippen MR) is 67.5 cm³/mol. The molecule has 0 saturated heterocycles. The molecule has 1 aliphatic carbocycles. The summed E-state index contributed by atoms with van der Waals surface area (Å²) in [6.07, 6.45) is 4.96. The van der Waals surface area contributed by atoms with Gasteiger partial charge in [0.1, 0.15) is 5.75 Å². The third-order valence-electron chi connectivity index (χ3n) is 4.30. The first-order valence-electron chi connectivity index (χ1n) is 6.62. The molecule has 2 atom stereocenters. The maximum absolute atomic E-state index is 9.79. The van der Waals surface area contributed by atoms with Gasteiger partial charge < -0.3 is 9.84 Å². The number of hydrogen-bond donors (Lipinski definition) is 1. The minimum atomic E-state index is -0.139. The first kappa shape index (κ1) is 11.1. The third kappa shape index (κ3) is 1.85. The quantitative estimate of drug-likeness (QED) is 0.806. The second-order valence-electron chi connectivity index (χ2n) is 5.70. The van der Waals surface area contributed by atoms with Crippen molar-refractivity contribution in [2.24, 2.45) is 0 Å². The summed E-state index contributed by atoms with van der Waals surface area (Å²) in [5, 5.41) is 9.79. The van der Waals surface area contributed by atoms with Crippen LogP contribution in [0.25, 0.3) is 0 Å². The van der Waals surface area contributed by atoms with Gasteiger partial charge >= 0.3 is 0 Å². The summed E-state index contributed by atoms with van der Waals surface area (Å²) in [4.78, 5) is 0. The number of rotatable bonds is 1. The molecular weight excluding hydrogens is 212 g/mol. The third-order valence-corrected chi connectivity index (χ3v) is 4.30. The highest BCUT2D eigenvalue weighted by molar-refractivity contribution is 5.47. The highest BCUT2D eigenvalue weighted by atomic mass is 16.5. The molecule has 0 spiro atoms. The maximum Gasteiger partial charge on any atom is 0.126 e. The van der Waals surface area contributed by atoms with Crippen LogP contribution in [0.15, 0.2) is 18.2 Å². The topological polar surface area (TPSA) is 29.5 Å². The van der Waals surface area contributed by atoms with Gasteiger partial charge in [0.15, 0.2) is 0 Å². The Kier molecular flexibility index (Phi) is 2.62. The van der Waals surface area contributed by atoms with Crippen molar-refractivity contribution < 1.29 is 9.84 Å². The van der Waals surface area contributed by atoms with Gasteiger partial charge in [-0.05, 0) is 43.1 Å². The van der Waals surface area contributed by atoms with E-state index < -0.39 is 0 Å². The second-order valence-corrected chi connectivity index (χ2v) is 5.70. The first-order chi connectivity index (χ1) is 8.19. The van der Waals surface area contributed by atoms with Crippen LogP contribution in [-0.2, 0) is 11.8 Å². The second kappa shape index (κ2) is 4.02. The van der Waals surface area contributed by atoms with Crippen molar-refractivity contribution in [3.8, 4) is 5.75 Å². The highest BCUT2D eigenvalue weighted by Crippen LogP contribution is 2.46. The average Bonchev–Trinajstić information content (AvgIpc) is 2.70. The summed E-state index contributed by atoms with van der Waals surface area (Å²) in [5.41, 5.74) is 2.75. The standard InChI is InChI=1S/C15H20O2/c1-15(8-7-12(16)10-15)13-6-2-4-11-5-3-9-17-14(11)13/h2,4,6,12,16H,3,5,7-10H2,1H3. The van der Waals surface area contributed by atoms with Crippen LogP contribution < -0.4 is 4.74 Å². The zero-order valence-electron chi connectivity index (χ0n) is 10.4. The lowest BCUT2D eigenvalue weighted by Crippen LogP contribution is -2.22. The van der Waals surface area contributed by atoms with Crippen LogP contribution in [0.1, 0.15) is 43.7 Å². The number of ether oxygens (including phenoxy) is 1. The Bertz CT molecular complexity index is 427. The molecule has 1 saturated carbocycles. The normalized spacial score (nSPS) is 32.0. The molecule has 0 bridgehead atoms. The van der Waals surface area contributed by atoms with E-state index in [4.69, 9.17) is 4.74 Å². The van der Waals surface area contributed by atoms with Gasteiger partial charge in [-0.3, -0.25) is 0 Å². The smallest absolute Gasteiger partial charge is 0.126 e. The van der Waals surface area contributed by atoms with E-state index in [2.05, 4.69) is 25.1 Å². The van der Waals surface area contributed by atoms with Crippen LogP contribution in [0.4, 0.5) is 0 Å². The number of aryl methyl sites for hydroxylation is 1. The van der Waals surface area contributed by atoms with Gasteiger partial charge in [0, 0.05) is 5.56 Å². The average molecular weight is 232 g/mol. The van der Waals surface area contributed by atoms with E-state index in [1.54, 1.807) is 0 Å². The van der Waals surface area contributed by atoms with E-state index >= 15 is 0 Å². The fourth-order valence-electron chi connectivity index (χ4n) is 3.32. The molecule has 2 heteroatoms. The number of aliphatic hydroxyl groups is 1. The van der Waals surface area contributed by atoms with E-state index in [0.717, 1.165) is 44.5 Å². The lowest BCUT2D eigenvalue weighted by Gasteiger charge is -2.30. The van der Waals surface area contributed by atoms with E-state index in [0.29, 0.717) is 0 Å². The molecule has 2 nitrogen and oxygen atoms in total. The van der Waals surface area contributed by atoms with Crippen molar-refractivity contribution in [2.75, 3.05) is 6.61 Å². The molecule has 0 aromatic heterocycles. The molecule has 92 valence electrons. The Morgan fingerprint density at radius 3 is 3.06 bits per heavy atom. The lowest BCUT2D eigenvalue weighted by atomic mass is 9.79. The SMILES string of the molecule is CC1(c2cccc3c2OCCC3)CCC(O)C1. The van der Waals surface area contributed by atoms with Crippen molar-refractivity contribution in [3.63, 3.8) is 0 Å². The number of para-hydroxylation sites is 1. The zero-order chi connectivity index (χ0) is 11.9. The Morgan fingerprint density at radius 1 is 1.41 bits per heavy atom. The summed E-state index contributed by atoms with van der Waals surface area (Å²) in [6, 6.07) is 6.49. The largest absolute Gasteiger partial charge is 0.493 e. The molecule has 0 amide bonds. The molecule has 3 rings (SSSR count). The van der Waals surface area contributed by atoms with Crippen LogP contribution in [0.3, 0.4) is 0 Å².